The molecule has 0 radical (unpaired) electrons. The Hall–Kier alpha value is -1.06. The van der Waals surface area contributed by atoms with Crippen LogP contribution < -0.4 is 5.32 Å². The van der Waals surface area contributed by atoms with E-state index in [4.69, 9.17) is 0 Å². The molecule has 0 aliphatic carbocycles. The van der Waals surface area contributed by atoms with E-state index in [1.807, 2.05) is 34.6 Å². The predicted molar refractivity (Wildman–Crippen MR) is 67.4 cm³/mol. The van der Waals surface area contributed by atoms with Gasteiger partial charge in [-0.1, -0.05) is 27.7 Å². The molecule has 4 heteroatoms. The first-order valence-corrected chi connectivity index (χ1v) is 6.32. The third kappa shape index (κ3) is 2.61. The molecule has 3 unspecified atom stereocenters. The van der Waals surface area contributed by atoms with Crippen LogP contribution >= 0.6 is 0 Å². The highest BCUT2D eigenvalue weighted by Crippen LogP contribution is 2.26. The summed E-state index contributed by atoms with van der Waals surface area (Å²) < 4.78 is 0. The highest BCUT2D eigenvalue weighted by Gasteiger charge is 2.44. The first-order valence-electron chi connectivity index (χ1n) is 6.32. The third-order valence-corrected chi connectivity index (χ3v) is 3.52. The van der Waals surface area contributed by atoms with Crippen molar-refractivity contribution in [3.63, 3.8) is 0 Å². The molecule has 1 fully saturated rings. The zero-order valence-corrected chi connectivity index (χ0v) is 11.7. The Labute approximate surface area is 104 Å². The maximum Gasteiger partial charge on any atom is 0.246 e. The van der Waals surface area contributed by atoms with Gasteiger partial charge in [-0.05, 0) is 25.7 Å². The van der Waals surface area contributed by atoms with Crippen LogP contribution in [0.15, 0.2) is 0 Å². The number of piperazine rings is 1. The number of hydrogen-bond donors (Lipinski definition) is 1. The number of nitrogens with one attached hydrogen (secondary N) is 1. The van der Waals surface area contributed by atoms with Gasteiger partial charge >= 0.3 is 0 Å². The number of carbonyl (C=O) groups is 2. The van der Waals surface area contributed by atoms with E-state index in [-0.39, 0.29) is 29.3 Å². The van der Waals surface area contributed by atoms with Gasteiger partial charge in [0.15, 0.2) is 0 Å². The highest BCUT2D eigenvalue weighted by atomic mass is 16.2. The summed E-state index contributed by atoms with van der Waals surface area (Å²) in [6.45, 7) is 11.7. The number of carbonyl (C=O) groups excluding carboxylic acids is 2. The van der Waals surface area contributed by atoms with E-state index in [2.05, 4.69) is 5.32 Å². The van der Waals surface area contributed by atoms with Gasteiger partial charge in [0.1, 0.15) is 12.1 Å². The molecule has 0 spiro atoms. The molecular weight excluding hydrogens is 216 g/mol. The second-order valence-electron chi connectivity index (χ2n) is 5.99. The van der Waals surface area contributed by atoms with Crippen molar-refractivity contribution in [2.75, 3.05) is 0 Å². The van der Waals surface area contributed by atoms with Crippen LogP contribution in [0.2, 0.25) is 0 Å². The lowest BCUT2D eigenvalue weighted by molar-refractivity contribution is -0.154. The predicted octanol–water partition coefficient (Wildman–Crippen LogP) is 1.55. The Morgan fingerprint density at radius 2 is 1.88 bits per heavy atom. The standard InChI is InChI=1S/C13H24N2O2/c1-7-8(2)15-9(3)11(16)14-10(12(15)17)13(4,5)6/h8-10H,7H2,1-6H3,(H,14,16). The average Bonchev–Trinajstić information content (AvgIpc) is 2.21. The summed E-state index contributed by atoms with van der Waals surface area (Å²) in [5.41, 5.74) is -0.251. The van der Waals surface area contributed by atoms with Crippen LogP contribution in [0.25, 0.3) is 0 Å². The summed E-state index contributed by atoms with van der Waals surface area (Å²) >= 11 is 0. The topological polar surface area (TPSA) is 49.4 Å². The molecule has 0 saturated carbocycles. The molecule has 0 bridgehead atoms. The van der Waals surface area contributed by atoms with E-state index in [9.17, 15) is 9.59 Å². The Morgan fingerprint density at radius 1 is 1.35 bits per heavy atom. The zero-order valence-electron chi connectivity index (χ0n) is 11.7. The molecule has 1 heterocycles. The lowest BCUT2D eigenvalue weighted by Gasteiger charge is -2.44. The molecule has 1 rings (SSSR count). The molecule has 3 atom stereocenters. The van der Waals surface area contributed by atoms with Crippen molar-refractivity contribution in [3.05, 3.63) is 0 Å². The summed E-state index contributed by atoms with van der Waals surface area (Å²) in [7, 11) is 0. The minimum Gasteiger partial charge on any atom is -0.342 e. The van der Waals surface area contributed by atoms with Gasteiger partial charge in [0, 0.05) is 6.04 Å². The minimum absolute atomic E-state index is 0.0407. The molecule has 1 saturated heterocycles. The number of rotatable bonds is 2. The summed E-state index contributed by atoms with van der Waals surface area (Å²) in [6, 6.07) is -0.676. The van der Waals surface area contributed by atoms with Crippen LogP contribution in [-0.2, 0) is 9.59 Å². The Bertz CT molecular complexity index is 320. The summed E-state index contributed by atoms with van der Waals surface area (Å²) in [5.74, 6) is -0.0104. The fourth-order valence-electron chi connectivity index (χ4n) is 2.17. The first-order chi connectivity index (χ1) is 7.70. The van der Waals surface area contributed by atoms with Gasteiger partial charge in [0.25, 0.3) is 0 Å². The fourth-order valence-corrected chi connectivity index (χ4v) is 2.17. The van der Waals surface area contributed by atoms with Crippen molar-refractivity contribution < 1.29 is 9.59 Å². The maximum absolute atomic E-state index is 12.4. The van der Waals surface area contributed by atoms with E-state index in [1.165, 1.54) is 0 Å². The van der Waals surface area contributed by atoms with Crippen LogP contribution in [0.5, 0.6) is 0 Å². The van der Waals surface area contributed by atoms with Crippen LogP contribution in [0.1, 0.15) is 48.0 Å². The van der Waals surface area contributed by atoms with Gasteiger partial charge in [-0.25, -0.2) is 0 Å². The van der Waals surface area contributed by atoms with Gasteiger partial charge in [-0.15, -0.1) is 0 Å². The van der Waals surface area contributed by atoms with Crippen molar-refractivity contribution in [1.82, 2.24) is 10.2 Å². The molecule has 17 heavy (non-hydrogen) atoms. The van der Waals surface area contributed by atoms with Crippen LogP contribution in [-0.4, -0.2) is 34.8 Å². The third-order valence-electron chi connectivity index (χ3n) is 3.52. The van der Waals surface area contributed by atoms with Crippen molar-refractivity contribution in [1.29, 1.82) is 0 Å². The van der Waals surface area contributed by atoms with E-state index in [0.29, 0.717) is 0 Å². The van der Waals surface area contributed by atoms with Crippen molar-refractivity contribution in [2.45, 2.75) is 66.1 Å². The van der Waals surface area contributed by atoms with Crippen molar-refractivity contribution >= 4 is 11.8 Å². The second kappa shape index (κ2) is 4.67. The van der Waals surface area contributed by atoms with Gasteiger partial charge < -0.3 is 10.2 Å². The van der Waals surface area contributed by atoms with E-state index in [1.54, 1.807) is 11.8 Å². The zero-order chi connectivity index (χ0) is 13.4. The van der Waals surface area contributed by atoms with E-state index < -0.39 is 6.04 Å². The first kappa shape index (κ1) is 14.0. The molecule has 1 N–H and O–H groups in total. The fraction of sp³-hybridized carbons (Fsp3) is 0.846. The second-order valence-corrected chi connectivity index (χ2v) is 5.99. The summed E-state index contributed by atoms with van der Waals surface area (Å²) in [5, 5.41) is 2.83. The molecular formula is C13H24N2O2. The highest BCUT2D eigenvalue weighted by molar-refractivity contribution is 5.97. The van der Waals surface area contributed by atoms with Gasteiger partial charge in [0.05, 0.1) is 0 Å². The Morgan fingerprint density at radius 3 is 2.29 bits per heavy atom. The number of amides is 2. The van der Waals surface area contributed by atoms with Crippen molar-refractivity contribution in [3.8, 4) is 0 Å². The van der Waals surface area contributed by atoms with Gasteiger partial charge in [-0.3, -0.25) is 9.59 Å². The molecule has 0 aromatic carbocycles. The van der Waals surface area contributed by atoms with E-state index >= 15 is 0 Å². The molecule has 98 valence electrons. The van der Waals surface area contributed by atoms with Gasteiger partial charge in [-0.2, -0.15) is 0 Å². The van der Waals surface area contributed by atoms with Gasteiger partial charge in [0.2, 0.25) is 11.8 Å². The molecule has 1 aliphatic heterocycles. The molecule has 0 aromatic rings. The average molecular weight is 240 g/mol. The summed E-state index contributed by atoms with van der Waals surface area (Å²) in [6.07, 6.45) is 0.861. The van der Waals surface area contributed by atoms with Crippen molar-refractivity contribution in [2.24, 2.45) is 5.41 Å². The quantitative estimate of drug-likeness (QED) is 0.796. The lowest BCUT2D eigenvalue weighted by atomic mass is 9.83. The molecule has 1 aliphatic rings. The van der Waals surface area contributed by atoms with Crippen LogP contribution in [0.3, 0.4) is 0 Å². The largest absolute Gasteiger partial charge is 0.342 e. The monoisotopic (exact) mass is 240 g/mol. The summed E-state index contributed by atoms with van der Waals surface area (Å²) in [4.78, 5) is 26.1. The Kier molecular flexibility index (Phi) is 3.84. The smallest absolute Gasteiger partial charge is 0.246 e. The van der Waals surface area contributed by atoms with Crippen LogP contribution in [0.4, 0.5) is 0 Å². The van der Waals surface area contributed by atoms with E-state index in [0.717, 1.165) is 6.42 Å². The van der Waals surface area contributed by atoms with Crippen LogP contribution in [0, 0.1) is 5.41 Å². The molecule has 0 aromatic heterocycles. The Balaban J connectivity index is 3.03. The lowest BCUT2D eigenvalue weighted by Crippen LogP contribution is -2.67. The number of hydrogen-bond acceptors (Lipinski definition) is 2. The molecule has 4 nitrogen and oxygen atoms in total. The normalized spacial score (nSPS) is 28.0. The maximum atomic E-state index is 12.4. The number of nitrogens with zero attached hydrogens (tertiary/aromatic N) is 1. The molecule has 2 amide bonds. The SMILES string of the molecule is CCC(C)N1C(=O)C(C(C)(C)C)NC(=O)C1C. The minimum atomic E-state index is -0.416.